The number of rotatable bonds is 1. The van der Waals surface area contributed by atoms with Gasteiger partial charge in [-0.3, -0.25) is 0 Å². The molecule has 76 valence electrons. The molecule has 3 nitrogen and oxygen atoms in total. The Labute approximate surface area is 87.1 Å². The van der Waals surface area contributed by atoms with E-state index in [1.807, 2.05) is 17.8 Å². The van der Waals surface area contributed by atoms with Crippen LogP contribution in [-0.4, -0.2) is 22.5 Å². The third kappa shape index (κ3) is 1.96. The fraction of sp³-hybridized carbons (Fsp3) is 0.400. The van der Waals surface area contributed by atoms with E-state index in [0.29, 0.717) is 0 Å². The van der Waals surface area contributed by atoms with Crippen molar-refractivity contribution < 1.29 is 10.2 Å². The quantitative estimate of drug-likeness (QED) is 0.620. The highest BCUT2D eigenvalue weighted by atomic mass is 32.2. The standard InChI is InChI=1S/C10H13NO2S/c12-8-3-2-7(6-9(8)13)10-11-4-1-5-14-10/h2-3,6,10-13H,1,4-5H2. The third-order valence-corrected chi connectivity index (χ3v) is 3.53. The Balaban J connectivity index is 2.18. The van der Waals surface area contributed by atoms with Crippen LogP contribution in [0.4, 0.5) is 0 Å². The highest BCUT2D eigenvalue weighted by Gasteiger charge is 2.15. The van der Waals surface area contributed by atoms with Gasteiger partial charge in [0.2, 0.25) is 0 Å². The number of phenolic OH excluding ortho intramolecular Hbond substituents is 2. The topological polar surface area (TPSA) is 52.5 Å². The normalized spacial score (nSPS) is 22.1. The lowest BCUT2D eigenvalue weighted by molar-refractivity contribution is 0.403. The molecule has 0 aliphatic carbocycles. The molecule has 0 amide bonds. The molecule has 1 aromatic carbocycles. The smallest absolute Gasteiger partial charge is 0.157 e. The van der Waals surface area contributed by atoms with Gasteiger partial charge in [0.05, 0.1) is 5.37 Å². The van der Waals surface area contributed by atoms with Gasteiger partial charge in [0.1, 0.15) is 0 Å². The first-order chi connectivity index (χ1) is 6.77. The van der Waals surface area contributed by atoms with E-state index < -0.39 is 0 Å². The lowest BCUT2D eigenvalue weighted by Gasteiger charge is -2.23. The van der Waals surface area contributed by atoms with Crippen molar-refractivity contribution >= 4 is 11.8 Å². The molecule has 0 saturated carbocycles. The van der Waals surface area contributed by atoms with E-state index >= 15 is 0 Å². The highest BCUT2D eigenvalue weighted by Crippen LogP contribution is 2.34. The molecular weight excluding hydrogens is 198 g/mol. The summed E-state index contributed by atoms with van der Waals surface area (Å²) >= 11 is 1.83. The van der Waals surface area contributed by atoms with Crippen LogP contribution in [0.1, 0.15) is 17.4 Å². The van der Waals surface area contributed by atoms with E-state index in [-0.39, 0.29) is 16.9 Å². The summed E-state index contributed by atoms with van der Waals surface area (Å²) < 4.78 is 0. The molecule has 1 aromatic rings. The zero-order valence-corrected chi connectivity index (χ0v) is 8.55. The van der Waals surface area contributed by atoms with Gasteiger partial charge >= 0.3 is 0 Å². The van der Waals surface area contributed by atoms with Crippen molar-refractivity contribution in [2.45, 2.75) is 11.8 Å². The van der Waals surface area contributed by atoms with Crippen LogP contribution in [0, 0.1) is 0 Å². The molecular formula is C10H13NO2S. The van der Waals surface area contributed by atoms with Crippen LogP contribution in [0.3, 0.4) is 0 Å². The molecule has 1 atom stereocenters. The molecule has 14 heavy (non-hydrogen) atoms. The predicted octanol–water partition coefficient (Wildman–Crippen LogP) is 1.82. The SMILES string of the molecule is Oc1ccc(C2NCCCS2)cc1O. The van der Waals surface area contributed by atoms with Crippen molar-refractivity contribution in [3.05, 3.63) is 23.8 Å². The van der Waals surface area contributed by atoms with Gasteiger partial charge in [-0.2, -0.15) is 0 Å². The summed E-state index contributed by atoms with van der Waals surface area (Å²) in [6, 6.07) is 4.98. The molecule has 2 rings (SSSR count). The highest BCUT2D eigenvalue weighted by molar-refractivity contribution is 7.99. The van der Waals surface area contributed by atoms with Crippen LogP contribution in [0.15, 0.2) is 18.2 Å². The van der Waals surface area contributed by atoms with Gasteiger partial charge in [0, 0.05) is 0 Å². The Hall–Kier alpha value is -0.870. The maximum Gasteiger partial charge on any atom is 0.157 e. The van der Waals surface area contributed by atoms with Crippen LogP contribution in [0.25, 0.3) is 0 Å². The summed E-state index contributed by atoms with van der Waals surface area (Å²) in [7, 11) is 0. The second-order valence-electron chi connectivity index (χ2n) is 3.31. The summed E-state index contributed by atoms with van der Waals surface area (Å²) in [5.41, 5.74) is 1.02. The van der Waals surface area contributed by atoms with Crippen molar-refractivity contribution in [2.24, 2.45) is 0 Å². The maximum absolute atomic E-state index is 9.34. The average molecular weight is 211 g/mol. The molecule has 1 saturated heterocycles. The van der Waals surface area contributed by atoms with Gasteiger partial charge in [0.15, 0.2) is 11.5 Å². The molecule has 0 bridgehead atoms. The number of hydrogen-bond acceptors (Lipinski definition) is 4. The second kappa shape index (κ2) is 4.11. The van der Waals surface area contributed by atoms with Crippen LogP contribution >= 0.6 is 11.8 Å². The number of hydrogen-bond donors (Lipinski definition) is 3. The first kappa shape index (κ1) is 9.68. The van der Waals surface area contributed by atoms with Crippen molar-refractivity contribution in [3.63, 3.8) is 0 Å². The van der Waals surface area contributed by atoms with E-state index in [1.165, 1.54) is 12.5 Å². The van der Waals surface area contributed by atoms with Crippen molar-refractivity contribution in [1.82, 2.24) is 5.32 Å². The molecule has 3 N–H and O–H groups in total. The Kier molecular flexibility index (Phi) is 2.84. The number of aromatic hydroxyl groups is 2. The van der Waals surface area contributed by atoms with E-state index in [1.54, 1.807) is 6.07 Å². The molecule has 1 aliphatic heterocycles. The summed E-state index contributed by atoms with van der Waals surface area (Å²) in [6.07, 6.45) is 1.19. The van der Waals surface area contributed by atoms with Crippen molar-refractivity contribution in [2.75, 3.05) is 12.3 Å². The first-order valence-corrected chi connectivity index (χ1v) is 5.69. The fourth-order valence-electron chi connectivity index (χ4n) is 1.48. The lowest BCUT2D eigenvalue weighted by Crippen LogP contribution is -2.25. The minimum absolute atomic E-state index is 0.0459. The Morgan fingerprint density at radius 1 is 1.29 bits per heavy atom. The summed E-state index contributed by atoms with van der Waals surface area (Å²) in [5, 5.41) is 22.1. The van der Waals surface area contributed by atoms with Crippen LogP contribution in [-0.2, 0) is 0 Å². The molecule has 1 unspecified atom stereocenters. The van der Waals surface area contributed by atoms with Gasteiger partial charge < -0.3 is 15.5 Å². The Morgan fingerprint density at radius 2 is 2.14 bits per heavy atom. The molecule has 0 aromatic heterocycles. The molecule has 0 radical (unpaired) electrons. The second-order valence-corrected chi connectivity index (χ2v) is 4.52. The monoisotopic (exact) mass is 211 g/mol. The molecule has 1 aliphatic rings. The lowest BCUT2D eigenvalue weighted by atomic mass is 10.2. The van der Waals surface area contributed by atoms with Crippen LogP contribution in [0.2, 0.25) is 0 Å². The van der Waals surface area contributed by atoms with Gasteiger partial charge in [-0.05, 0) is 36.4 Å². The number of thioether (sulfide) groups is 1. The van der Waals surface area contributed by atoms with Crippen molar-refractivity contribution in [3.8, 4) is 11.5 Å². The third-order valence-electron chi connectivity index (χ3n) is 2.24. The van der Waals surface area contributed by atoms with E-state index in [0.717, 1.165) is 17.9 Å². The van der Waals surface area contributed by atoms with Gasteiger partial charge in [-0.15, -0.1) is 11.8 Å². The molecule has 1 heterocycles. The largest absolute Gasteiger partial charge is 0.504 e. The molecule has 4 heteroatoms. The fourth-order valence-corrected chi connectivity index (χ4v) is 2.60. The maximum atomic E-state index is 9.34. The number of phenols is 2. The van der Waals surface area contributed by atoms with E-state index in [4.69, 9.17) is 5.11 Å². The van der Waals surface area contributed by atoms with E-state index in [9.17, 15) is 5.11 Å². The number of nitrogens with one attached hydrogen (secondary N) is 1. The van der Waals surface area contributed by atoms with Gasteiger partial charge in [-0.1, -0.05) is 6.07 Å². The zero-order valence-electron chi connectivity index (χ0n) is 7.73. The Bertz CT molecular complexity index is 324. The van der Waals surface area contributed by atoms with Gasteiger partial charge in [-0.25, -0.2) is 0 Å². The molecule has 1 fully saturated rings. The Morgan fingerprint density at radius 3 is 2.79 bits per heavy atom. The van der Waals surface area contributed by atoms with Crippen molar-refractivity contribution in [1.29, 1.82) is 0 Å². The summed E-state index contributed by atoms with van der Waals surface area (Å²) in [5.74, 6) is 1.03. The van der Waals surface area contributed by atoms with Crippen LogP contribution in [0.5, 0.6) is 11.5 Å². The van der Waals surface area contributed by atoms with Gasteiger partial charge in [0.25, 0.3) is 0 Å². The van der Waals surface area contributed by atoms with E-state index in [2.05, 4.69) is 5.32 Å². The molecule has 0 spiro atoms. The minimum atomic E-state index is -0.0606. The average Bonchev–Trinajstić information content (AvgIpc) is 2.23. The minimum Gasteiger partial charge on any atom is -0.504 e. The zero-order chi connectivity index (χ0) is 9.97. The summed E-state index contributed by atoms with van der Waals surface area (Å²) in [4.78, 5) is 0. The predicted molar refractivity (Wildman–Crippen MR) is 57.6 cm³/mol. The summed E-state index contributed by atoms with van der Waals surface area (Å²) in [6.45, 7) is 1.01. The first-order valence-electron chi connectivity index (χ1n) is 4.64. The van der Waals surface area contributed by atoms with Crippen LogP contribution < -0.4 is 5.32 Å². The number of benzene rings is 1.